The van der Waals surface area contributed by atoms with Crippen molar-refractivity contribution in [2.24, 2.45) is 0 Å². The summed E-state index contributed by atoms with van der Waals surface area (Å²) in [5.74, 6) is 2.64. The first-order chi connectivity index (χ1) is 19.7. The van der Waals surface area contributed by atoms with Crippen LogP contribution < -0.4 is 19.5 Å². The number of unbranched alkanes of at least 4 members (excludes halogenated alkanes) is 4. The molecule has 5 rings (SSSR count). The summed E-state index contributed by atoms with van der Waals surface area (Å²) in [5.41, 5.74) is 4.32. The van der Waals surface area contributed by atoms with Crippen LogP contribution in [-0.4, -0.2) is 28.0 Å². The van der Waals surface area contributed by atoms with Crippen LogP contribution in [-0.2, 0) is 6.61 Å². The standard InChI is InChI=1S/C31H33BrN4O3S/c1-3-4-5-6-12-17-40-31-34-30-27(35-36-31)23-15-10-11-16-25(23)33-29(39-30)22-18-24(32)28(26(19-22)37-2)38-20-21-13-8-7-9-14-21/h7-11,13-16,18-19,29,33H,3-6,12,17,20H2,1-2H3/t29-/m0/s1. The molecule has 40 heavy (non-hydrogen) atoms. The molecule has 0 saturated heterocycles. The highest BCUT2D eigenvalue weighted by Gasteiger charge is 2.27. The Bertz CT molecular complexity index is 1420. The van der Waals surface area contributed by atoms with Gasteiger partial charge in [0, 0.05) is 22.6 Å². The minimum Gasteiger partial charge on any atom is -0.493 e. The second-order valence-electron chi connectivity index (χ2n) is 9.51. The lowest BCUT2D eigenvalue weighted by atomic mass is 10.1. The predicted octanol–water partition coefficient (Wildman–Crippen LogP) is 8.45. The first-order valence-corrected chi connectivity index (χ1v) is 15.4. The molecule has 1 aliphatic rings. The van der Waals surface area contributed by atoms with Crippen molar-refractivity contribution in [2.75, 3.05) is 18.2 Å². The Morgan fingerprint density at radius 3 is 2.60 bits per heavy atom. The Kier molecular flexibility index (Phi) is 9.78. The summed E-state index contributed by atoms with van der Waals surface area (Å²) < 4.78 is 19.1. The monoisotopic (exact) mass is 620 g/mol. The number of nitrogens with zero attached hydrogens (tertiary/aromatic N) is 3. The van der Waals surface area contributed by atoms with Gasteiger partial charge >= 0.3 is 0 Å². The van der Waals surface area contributed by atoms with E-state index in [1.165, 1.54) is 25.7 Å². The molecule has 1 N–H and O–H groups in total. The predicted molar refractivity (Wildman–Crippen MR) is 163 cm³/mol. The van der Waals surface area contributed by atoms with Crippen molar-refractivity contribution < 1.29 is 14.2 Å². The van der Waals surface area contributed by atoms with E-state index in [4.69, 9.17) is 19.2 Å². The molecule has 1 atom stereocenters. The molecular formula is C31H33BrN4O3S. The van der Waals surface area contributed by atoms with E-state index in [1.807, 2.05) is 66.7 Å². The first kappa shape index (κ1) is 28.2. The van der Waals surface area contributed by atoms with E-state index in [0.29, 0.717) is 34.8 Å². The molecule has 0 spiro atoms. The summed E-state index contributed by atoms with van der Waals surface area (Å²) in [6, 6.07) is 21.9. The fourth-order valence-electron chi connectivity index (χ4n) is 4.49. The second kappa shape index (κ2) is 13.9. The Labute approximate surface area is 248 Å². The summed E-state index contributed by atoms with van der Waals surface area (Å²) in [6.45, 7) is 2.66. The van der Waals surface area contributed by atoms with Crippen molar-refractivity contribution in [3.63, 3.8) is 0 Å². The maximum absolute atomic E-state index is 6.49. The van der Waals surface area contributed by atoms with Crippen molar-refractivity contribution in [3.05, 3.63) is 82.3 Å². The molecule has 1 aromatic heterocycles. The molecule has 3 aromatic carbocycles. The number of anilines is 1. The Morgan fingerprint density at radius 1 is 0.975 bits per heavy atom. The minimum absolute atomic E-state index is 0.426. The number of rotatable bonds is 12. The van der Waals surface area contributed by atoms with Crippen molar-refractivity contribution in [3.8, 4) is 28.6 Å². The highest BCUT2D eigenvalue weighted by molar-refractivity contribution is 9.10. The van der Waals surface area contributed by atoms with Crippen LogP contribution in [0.15, 0.2) is 76.4 Å². The van der Waals surface area contributed by atoms with Crippen LogP contribution in [0.5, 0.6) is 17.4 Å². The van der Waals surface area contributed by atoms with E-state index in [2.05, 4.69) is 38.4 Å². The largest absolute Gasteiger partial charge is 0.493 e. The van der Waals surface area contributed by atoms with Crippen molar-refractivity contribution in [2.45, 2.75) is 57.0 Å². The molecule has 9 heteroatoms. The van der Waals surface area contributed by atoms with Crippen molar-refractivity contribution >= 4 is 33.4 Å². The molecular weight excluding hydrogens is 588 g/mol. The van der Waals surface area contributed by atoms with Gasteiger partial charge in [-0.2, -0.15) is 4.98 Å². The zero-order chi connectivity index (χ0) is 27.7. The normalized spacial score (nSPS) is 13.8. The third kappa shape index (κ3) is 6.88. The summed E-state index contributed by atoms with van der Waals surface area (Å²) in [6.07, 6.45) is 5.60. The third-order valence-electron chi connectivity index (χ3n) is 6.59. The van der Waals surface area contributed by atoms with Gasteiger partial charge in [0.25, 0.3) is 0 Å². The maximum Gasteiger partial charge on any atom is 0.247 e. The minimum atomic E-state index is -0.542. The van der Waals surface area contributed by atoms with E-state index in [0.717, 1.165) is 39.0 Å². The molecule has 0 bridgehead atoms. The highest BCUT2D eigenvalue weighted by Crippen LogP contribution is 2.43. The van der Waals surface area contributed by atoms with Crippen LogP contribution in [0.25, 0.3) is 11.3 Å². The van der Waals surface area contributed by atoms with Gasteiger partial charge in [0.1, 0.15) is 6.61 Å². The van der Waals surface area contributed by atoms with Crippen molar-refractivity contribution in [1.82, 2.24) is 15.2 Å². The fraction of sp³-hybridized carbons (Fsp3) is 0.323. The van der Waals surface area contributed by atoms with Gasteiger partial charge in [-0.3, -0.25) is 0 Å². The maximum atomic E-state index is 6.49. The number of methoxy groups -OCH3 is 1. The molecule has 2 heterocycles. The van der Waals surface area contributed by atoms with Crippen molar-refractivity contribution in [1.29, 1.82) is 0 Å². The average molecular weight is 622 g/mol. The summed E-state index contributed by atoms with van der Waals surface area (Å²) in [7, 11) is 1.63. The number of hydrogen-bond donors (Lipinski definition) is 1. The molecule has 0 unspecified atom stereocenters. The van der Waals surface area contributed by atoms with Crippen LogP contribution in [0, 0.1) is 0 Å². The van der Waals surface area contributed by atoms with Gasteiger partial charge in [-0.05, 0) is 46.1 Å². The van der Waals surface area contributed by atoms with Crippen LogP contribution >= 0.6 is 27.7 Å². The van der Waals surface area contributed by atoms with E-state index in [9.17, 15) is 0 Å². The topological polar surface area (TPSA) is 78.4 Å². The van der Waals surface area contributed by atoms with Gasteiger partial charge in [0.15, 0.2) is 23.4 Å². The Morgan fingerprint density at radius 2 is 1.77 bits per heavy atom. The smallest absolute Gasteiger partial charge is 0.247 e. The van der Waals surface area contributed by atoms with Crippen LogP contribution in [0.3, 0.4) is 0 Å². The van der Waals surface area contributed by atoms with Crippen LogP contribution in [0.1, 0.15) is 56.4 Å². The number of halogens is 1. The van der Waals surface area contributed by atoms with E-state index < -0.39 is 6.23 Å². The molecule has 4 aromatic rings. The molecule has 7 nitrogen and oxygen atoms in total. The molecule has 0 fully saturated rings. The van der Waals surface area contributed by atoms with E-state index >= 15 is 0 Å². The molecule has 1 aliphatic heterocycles. The molecule has 0 saturated carbocycles. The zero-order valence-electron chi connectivity index (χ0n) is 22.7. The summed E-state index contributed by atoms with van der Waals surface area (Å²) in [5, 5.41) is 13.1. The zero-order valence-corrected chi connectivity index (χ0v) is 25.1. The van der Waals surface area contributed by atoms with Crippen LogP contribution in [0.2, 0.25) is 0 Å². The molecule has 208 valence electrons. The number of nitrogens with one attached hydrogen (secondary N) is 1. The molecule has 0 amide bonds. The van der Waals surface area contributed by atoms with Gasteiger partial charge in [-0.15, -0.1) is 10.2 Å². The lowest BCUT2D eigenvalue weighted by Gasteiger charge is -2.21. The summed E-state index contributed by atoms with van der Waals surface area (Å²) >= 11 is 5.32. The quantitative estimate of drug-likeness (QED) is 0.125. The number of aromatic nitrogens is 3. The lowest BCUT2D eigenvalue weighted by Crippen LogP contribution is -2.17. The highest BCUT2D eigenvalue weighted by atomic mass is 79.9. The number of para-hydroxylation sites is 1. The number of hydrogen-bond acceptors (Lipinski definition) is 8. The second-order valence-corrected chi connectivity index (χ2v) is 11.4. The average Bonchev–Trinajstić information content (AvgIpc) is 3.15. The Balaban J connectivity index is 1.40. The van der Waals surface area contributed by atoms with Gasteiger partial charge < -0.3 is 19.5 Å². The van der Waals surface area contributed by atoms with Crippen LogP contribution in [0.4, 0.5) is 5.69 Å². The number of ether oxygens (including phenoxy) is 3. The number of fused-ring (bicyclic) bond motifs is 3. The lowest BCUT2D eigenvalue weighted by molar-refractivity contribution is 0.223. The van der Waals surface area contributed by atoms with E-state index in [1.54, 1.807) is 18.9 Å². The summed E-state index contributed by atoms with van der Waals surface area (Å²) in [4.78, 5) is 4.79. The number of thioether (sulfide) groups is 1. The fourth-order valence-corrected chi connectivity index (χ4v) is 5.84. The molecule has 0 radical (unpaired) electrons. The first-order valence-electron chi connectivity index (χ1n) is 13.6. The Hall–Kier alpha value is -3.30. The third-order valence-corrected chi connectivity index (χ3v) is 8.11. The van der Waals surface area contributed by atoms with Gasteiger partial charge in [-0.25, -0.2) is 0 Å². The van der Waals surface area contributed by atoms with Gasteiger partial charge in [0.05, 0.1) is 11.6 Å². The SMILES string of the molecule is CCCCCCCSc1nnc2c(n1)O[C@@H](c1cc(Br)c(OCc3ccccc3)c(OC)c1)Nc1ccccc1-2. The van der Waals surface area contributed by atoms with Gasteiger partial charge in [-0.1, -0.05) is 92.9 Å². The number of benzene rings is 3. The van der Waals surface area contributed by atoms with E-state index in [-0.39, 0.29) is 0 Å². The van der Waals surface area contributed by atoms with Gasteiger partial charge in [0.2, 0.25) is 11.0 Å². The molecule has 0 aliphatic carbocycles.